The number of anilines is 2. The predicted molar refractivity (Wildman–Crippen MR) is 102 cm³/mol. The van der Waals surface area contributed by atoms with Crippen LogP contribution < -0.4 is 15.5 Å². The van der Waals surface area contributed by atoms with Gasteiger partial charge in [0, 0.05) is 28.5 Å². The van der Waals surface area contributed by atoms with E-state index in [0.29, 0.717) is 11.4 Å². The zero-order valence-corrected chi connectivity index (χ0v) is 15.7. The number of rotatable bonds is 4. The molecule has 0 spiro atoms. The molecule has 134 valence electrons. The highest BCUT2D eigenvalue weighted by molar-refractivity contribution is 7.12. The molecule has 3 rings (SSSR count). The standard InChI is InChI=1S/C19H24FN3OS/c1-12-10-16(14(3)25-12)13(2)21-19(24)22-15-6-7-18(17(20)11-15)23-8-4-5-9-23/h6-7,10-11,13H,4-5,8-9H2,1-3H3,(H2,21,22,24)/t13-/m1/s1. The van der Waals surface area contributed by atoms with E-state index in [2.05, 4.69) is 30.5 Å². The summed E-state index contributed by atoms with van der Waals surface area (Å²) >= 11 is 1.72. The Morgan fingerprint density at radius 3 is 2.56 bits per heavy atom. The van der Waals surface area contributed by atoms with E-state index < -0.39 is 0 Å². The van der Waals surface area contributed by atoms with Crippen molar-refractivity contribution < 1.29 is 9.18 Å². The van der Waals surface area contributed by atoms with Gasteiger partial charge in [0.25, 0.3) is 0 Å². The van der Waals surface area contributed by atoms with Crippen LogP contribution in [0.15, 0.2) is 24.3 Å². The normalized spacial score (nSPS) is 15.3. The van der Waals surface area contributed by atoms with Crippen LogP contribution in [0.2, 0.25) is 0 Å². The van der Waals surface area contributed by atoms with Gasteiger partial charge in [0.1, 0.15) is 5.82 Å². The van der Waals surface area contributed by atoms with E-state index >= 15 is 0 Å². The van der Waals surface area contributed by atoms with Crippen molar-refractivity contribution >= 4 is 28.7 Å². The summed E-state index contributed by atoms with van der Waals surface area (Å²) < 4.78 is 14.3. The molecule has 1 atom stereocenters. The van der Waals surface area contributed by atoms with Crippen molar-refractivity contribution in [2.75, 3.05) is 23.3 Å². The number of thiophene rings is 1. The molecule has 4 nitrogen and oxygen atoms in total. The minimum atomic E-state index is -0.330. The summed E-state index contributed by atoms with van der Waals surface area (Å²) in [5.41, 5.74) is 2.19. The third kappa shape index (κ3) is 4.12. The van der Waals surface area contributed by atoms with Crippen LogP contribution in [0.4, 0.5) is 20.6 Å². The molecule has 0 bridgehead atoms. The molecule has 1 fully saturated rings. The number of hydrogen-bond donors (Lipinski definition) is 2. The van der Waals surface area contributed by atoms with E-state index in [4.69, 9.17) is 0 Å². The molecular formula is C19H24FN3OS. The molecule has 2 amide bonds. The summed E-state index contributed by atoms with van der Waals surface area (Å²) in [6, 6.07) is 6.54. The first-order valence-corrected chi connectivity index (χ1v) is 9.44. The van der Waals surface area contributed by atoms with Crippen LogP contribution >= 0.6 is 11.3 Å². The molecule has 1 aliphatic heterocycles. The highest BCUT2D eigenvalue weighted by Gasteiger charge is 2.17. The zero-order valence-electron chi connectivity index (χ0n) is 14.9. The fourth-order valence-corrected chi connectivity index (χ4v) is 4.34. The first kappa shape index (κ1) is 17.7. The van der Waals surface area contributed by atoms with Gasteiger partial charge < -0.3 is 15.5 Å². The summed E-state index contributed by atoms with van der Waals surface area (Å²) in [6.07, 6.45) is 2.20. The number of nitrogens with one attached hydrogen (secondary N) is 2. The Labute approximate surface area is 152 Å². The van der Waals surface area contributed by atoms with Gasteiger partial charge in [-0.25, -0.2) is 9.18 Å². The van der Waals surface area contributed by atoms with E-state index in [-0.39, 0.29) is 17.9 Å². The van der Waals surface area contributed by atoms with E-state index in [1.54, 1.807) is 23.5 Å². The maximum absolute atomic E-state index is 14.3. The first-order valence-electron chi connectivity index (χ1n) is 8.63. The van der Waals surface area contributed by atoms with Crippen molar-refractivity contribution in [3.05, 3.63) is 45.4 Å². The van der Waals surface area contributed by atoms with Crippen LogP contribution in [0, 0.1) is 19.7 Å². The first-order chi connectivity index (χ1) is 11.9. The maximum atomic E-state index is 14.3. The molecule has 0 radical (unpaired) electrons. The van der Waals surface area contributed by atoms with Gasteiger partial charge in [-0.2, -0.15) is 0 Å². The van der Waals surface area contributed by atoms with Crippen molar-refractivity contribution in [2.24, 2.45) is 0 Å². The molecule has 25 heavy (non-hydrogen) atoms. The van der Waals surface area contributed by atoms with Crippen LogP contribution in [0.5, 0.6) is 0 Å². The van der Waals surface area contributed by atoms with Gasteiger partial charge in [0.15, 0.2) is 0 Å². The summed E-state index contributed by atoms with van der Waals surface area (Å²) in [6.45, 7) is 7.83. The van der Waals surface area contributed by atoms with Crippen LogP contribution in [0.25, 0.3) is 0 Å². The van der Waals surface area contributed by atoms with Crippen molar-refractivity contribution in [3.8, 4) is 0 Å². The molecule has 1 aromatic carbocycles. The number of aryl methyl sites for hydroxylation is 2. The summed E-state index contributed by atoms with van der Waals surface area (Å²) in [5, 5.41) is 5.63. The lowest BCUT2D eigenvalue weighted by atomic mass is 10.1. The second kappa shape index (κ2) is 7.44. The molecule has 2 aromatic rings. The monoisotopic (exact) mass is 361 g/mol. The highest BCUT2D eigenvalue weighted by Crippen LogP contribution is 2.27. The van der Waals surface area contributed by atoms with Crippen LogP contribution in [-0.2, 0) is 0 Å². The minimum Gasteiger partial charge on any atom is -0.369 e. The SMILES string of the molecule is Cc1cc([C@@H](C)NC(=O)Nc2ccc(N3CCCC3)c(F)c2)c(C)s1. The van der Waals surface area contributed by atoms with Crippen LogP contribution in [-0.4, -0.2) is 19.1 Å². The Balaban J connectivity index is 1.62. The number of carbonyl (C=O) groups is 1. The van der Waals surface area contributed by atoms with Crippen molar-refractivity contribution in [1.29, 1.82) is 0 Å². The van der Waals surface area contributed by atoms with E-state index in [1.165, 1.54) is 15.8 Å². The summed E-state index contributed by atoms with van der Waals surface area (Å²) in [7, 11) is 0. The van der Waals surface area contributed by atoms with Crippen molar-refractivity contribution in [2.45, 2.75) is 39.7 Å². The van der Waals surface area contributed by atoms with Crippen LogP contribution in [0.3, 0.4) is 0 Å². The molecule has 2 N–H and O–H groups in total. The van der Waals surface area contributed by atoms with Gasteiger partial charge >= 0.3 is 6.03 Å². The lowest BCUT2D eigenvalue weighted by Crippen LogP contribution is -2.31. The Kier molecular flexibility index (Phi) is 5.27. The lowest BCUT2D eigenvalue weighted by molar-refractivity contribution is 0.249. The van der Waals surface area contributed by atoms with E-state index in [0.717, 1.165) is 31.5 Å². The summed E-state index contributed by atoms with van der Waals surface area (Å²) in [4.78, 5) is 16.7. The Hall–Kier alpha value is -2.08. The predicted octanol–water partition coefficient (Wildman–Crippen LogP) is 4.99. The van der Waals surface area contributed by atoms with Gasteiger partial charge in [0.2, 0.25) is 0 Å². The number of urea groups is 1. The minimum absolute atomic E-state index is 0.0985. The molecule has 0 saturated carbocycles. The Morgan fingerprint density at radius 2 is 1.96 bits per heavy atom. The fourth-order valence-electron chi connectivity index (χ4n) is 3.32. The number of nitrogens with zero attached hydrogens (tertiary/aromatic N) is 1. The molecule has 2 heterocycles. The number of benzene rings is 1. The second-order valence-corrected chi connectivity index (χ2v) is 8.01. The molecule has 0 unspecified atom stereocenters. The van der Waals surface area contributed by atoms with E-state index in [9.17, 15) is 9.18 Å². The van der Waals surface area contributed by atoms with Gasteiger partial charge in [-0.3, -0.25) is 0 Å². The lowest BCUT2D eigenvalue weighted by Gasteiger charge is -2.19. The van der Waals surface area contributed by atoms with E-state index in [1.807, 2.05) is 11.8 Å². The molecular weight excluding hydrogens is 337 g/mol. The molecule has 6 heteroatoms. The molecule has 0 aliphatic carbocycles. The highest BCUT2D eigenvalue weighted by atomic mass is 32.1. The number of carbonyl (C=O) groups excluding carboxylic acids is 1. The second-order valence-electron chi connectivity index (χ2n) is 6.55. The number of amides is 2. The number of halogens is 1. The zero-order chi connectivity index (χ0) is 18.0. The van der Waals surface area contributed by atoms with Crippen molar-refractivity contribution in [1.82, 2.24) is 5.32 Å². The average molecular weight is 361 g/mol. The number of hydrogen-bond acceptors (Lipinski definition) is 3. The Morgan fingerprint density at radius 1 is 1.24 bits per heavy atom. The largest absolute Gasteiger partial charge is 0.369 e. The van der Waals surface area contributed by atoms with Gasteiger partial charge in [-0.05, 0) is 63.4 Å². The average Bonchev–Trinajstić information content (AvgIpc) is 3.16. The molecule has 1 saturated heterocycles. The topological polar surface area (TPSA) is 44.4 Å². The quantitative estimate of drug-likeness (QED) is 0.806. The molecule has 1 aliphatic rings. The smallest absolute Gasteiger partial charge is 0.319 e. The summed E-state index contributed by atoms with van der Waals surface area (Å²) in [5.74, 6) is -0.294. The van der Waals surface area contributed by atoms with Gasteiger partial charge in [0.05, 0.1) is 11.7 Å². The Bertz CT molecular complexity index is 768. The maximum Gasteiger partial charge on any atom is 0.319 e. The van der Waals surface area contributed by atoms with Gasteiger partial charge in [-0.15, -0.1) is 11.3 Å². The third-order valence-electron chi connectivity index (χ3n) is 4.55. The van der Waals surface area contributed by atoms with Crippen LogP contribution in [0.1, 0.15) is 41.1 Å². The fraction of sp³-hybridized carbons (Fsp3) is 0.421. The van der Waals surface area contributed by atoms with Crippen molar-refractivity contribution in [3.63, 3.8) is 0 Å². The molecule has 1 aromatic heterocycles. The van der Waals surface area contributed by atoms with Gasteiger partial charge in [-0.1, -0.05) is 0 Å². The third-order valence-corrected chi connectivity index (χ3v) is 5.53.